The lowest BCUT2D eigenvalue weighted by Crippen LogP contribution is -2.48. The molecular formula is C19H26N2O4. The van der Waals surface area contributed by atoms with Crippen molar-refractivity contribution >= 4 is 11.8 Å². The monoisotopic (exact) mass is 346 g/mol. The van der Waals surface area contributed by atoms with E-state index < -0.39 is 0 Å². The summed E-state index contributed by atoms with van der Waals surface area (Å²) in [6.07, 6.45) is 0.157. The first kappa shape index (κ1) is 17.9. The quantitative estimate of drug-likeness (QED) is 0.810. The minimum Gasteiger partial charge on any atom is -0.383 e. The van der Waals surface area contributed by atoms with Crippen molar-refractivity contribution in [3.05, 3.63) is 35.9 Å². The van der Waals surface area contributed by atoms with E-state index in [2.05, 4.69) is 0 Å². The van der Waals surface area contributed by atoms with Gasteiger partial charge in [0.05, 0.1) is 25.2 Å². The van der Waals surface area contributed by atoms with Gasteiger partial charge in [0.25, 0.3) is 0 Å². The van der Waals surface area contributed by atoms with Gasteiger partial charge < -0.3 is 19.3 Å². The van der Waals surface area contributed by atoms with Crippen LogP contribution in [0.2, 0.25) is 0 Å². The Bertz CT molecular complexity index is 607. The molecule has 6 nitrogen and oxygen atoms in total. The molecular weight excluding hydrogens is 320 g/mol. The highest BCUT2D eigenvalue weighted by atomic mass is 16.5. The highest BCUT2D eigenvalue weighted by Gasteiger charge is 2.38. The summed E-state index contributed by atoms with van der Waals surface area (Å²) < 4.78 is 11.1. The summed E-state index contributed by atoms with van der Waals surface area (Å²) in [5, 5.41) is 0. The molecule has 3 rings (SSSR count). The number of methoxy groups -OCH3 is 1. The van der Waals surface area contributed by atoms with Crippen molar-refractivity contribution in [2.24, 2.45) is 5.92 Å². The van der Waals surface area contributed by atoms with Gasteiger partial charge in [0.15, 0.2) is 0 Å². The van der Waals surface area contributed by atoms with Gasteiger partial charge >= 0.3 is 0 Å². The maximum atomic E-state index is 12.9. The Kier molecular flexibility index (Phi) is 5.71. The Morgan fingerprint density at radius 2 is 2.00 bits per heavy atom. The number of hydrogen-bond acceptors (Lipinski definition) is 4. The fraction of sp³-hybridized carbons (Fsp3) is 0.579. The van der Waals surface area contributed by atoms with Crippen LogP contribution in [-0.4, -0.2) is 67.6 Å². The molecule has 0 aliphatic carbocycles. The van der Waals surface area contributed by atoms with Crippen molar-refractivity contribution in [1.29, 1.82) is 0 Å². The first-order valence-electron chi connectivity index (χ1n) is 8.84. The van der Waals surface area contributed by atoms with E-state index in [4.69, 9.17) is 9.47 Å². The van der Waals surface area contributed by atoms with Crippen molar-refractivity contribution in [3.63, 3.8) is 0 Å². The molecule has 6 heteroatoms. The van der Waals surface area contributed by atoms with Gasteiger partial charge in [-0.25, -0.2) is 0 Å². The molecule has 0 spiro atoms. The molecule has 0 bridgehead atoms. The van der Waals surface area contributed by atoms with E-state index in [9.17, 15) is 9.59 Å². The van der Waals surface area contributed by atoms with Crippen LogP contribution >= 0.6 is 0 Å². The minimum atomic E-state index is -0.258. The number of amides is 2. The Hall–Kier alpha value is -1.92. The average Bonchev–Trinajstić information content (AvgIpc) is 3.00. The number of hydrogen-bond donors (Lipinski definition) is 0. The first-order chi connectivity index (χ1) is 12.1. The Morgan fingerprint density at radius 3 is 2.72 bits per heavy atom. The molecule has 2 amide bonds. The number of morpholine rings is 1. The van der Waals surface area contributed by atoms with E-state index in [0.717, 1.165) is 5.56 Å². The van der Waals surface area contributed by atoms with Crippen LogP contribution in [0.25, 0.3) is 0 Å². The van der Waals surface area contributed by atoms with Crippen LogP contribution in [0.1, 0.15) is 25.0 Å². The number of likely N-dealkylation sites (tertiary alicyclic amines) is 1. The van der Waals surface area contributed by atoms with E-state index >= 15 is 0 Å². The number of nitrogens with zero attached hydrogens (tertiary/aromatic N) is 2. The van der Waals surface area contributed by atoms with Gasteiger partial charge in [0, 0.05) is 33.2 Å². The van der Waals surface area contributed by atoms with Gasteiger partial charge in [-0.15, -0.1) is 0 Å². The summed E-state index contributed by atoms with van der Waals surface area (Å²) in [5.41, 5.74) is 1.08. The summed E-state index contributed by atoms with van der Waals surface area (Å²) in [4.78, 5) is 28.6. The maximum absolute atomic E-state index is 12.9. The van der Waals surface area contributed by atoms with Gasteiger partial charge in [-0.2, -0.15) is 0 Å². The predicted octanol–water partition coefficient (Wildman–Crippen LogP) is 1.47. The molecule has 2 aliphatic rings. The summed E-state index contributed by atoms with van der Waals surface area (Å²) in [6, 6.07) is 9.98. The molecule has 0 unspecified atom stereocenters. The summed E-state index contributed by atoms with van der Waals surface area (Å²) in [5.74, 6) is -0.160. The second-order valence-electron chi connectivity index (χ2n) is 6.82. The van der Waals surface area contributed by atoms with Crippen molar-refractivity contribution in [3.8, 4) is 0 Å². The van der Waals surface area contributed by atoms with E-state index in [1.54, 1.807) is 12.0 Å². The molecule has 0 N–H and O–H groups in total. The van der Waals surface area contributed by atoms with Gasteiger partial charge in [-0.3, -0.25) is 9.59 Å². The molecule has 1 aromatic carbocycles. The third kappa shape index (κ3) is 4.19. The van der Waals surface area contributed by atoms with Gasteiger partial charge in [0.2, 0.25) is 11.8 Å². The fourth-order valence-corrected chi connectivity index (χ4v) is 3.60. The zero-order chi connectivity index (χ0) is 17.8. The largest absolute Gasteiger partial charge is 0.383 e. The highest BCUT2D eigenvalue weighted by Crippen LogP contribution is 2.28. The molecule has 1 aromatic rings. The third-order valence-electron chi connectivity index (χ3n) is 4.87. The Morgan fingerprint density at radius 1 is 1.24 bits per heavy atom. The maximum Gasteiger partial charge on any atom is 0.228 e. The third-order valence-corrected chi connectivity index (χ3v) is 4.87. The van der Waals surface area contributed by atoms with Crippen LogP contribution in [0, 0.1) is 5.92 Å². The van der Waals surface area contributed by atoms with Crippen LogP contribution in [0.4, 0.5) is 0 Å². The second-order valence-corrected chi connectivity index (χ2v) is 6.82. The Labute approximate surface area is 148 Å². The summed E-state index contributed by atoms with van der Waals surface area (Å²) in [7, 11) is 1.61. The van der Waals surface area contributed by atoms with Crippen LogP contribution in [0.3, 0.4) is 0 Å². The van der Waals surface area contributed by atoms with Gasteiger partial charge in [-0.05, 0) is 12.5 Å². The zero-order valence-electron chi connectivity index (χ0n) is 14.9. The Balaban J connectivity index is 1.64. The average molecular weight is 346 g/mol. The van der Waals surface area contributed by atoms with Crippen molar-refractivity contribution < 1.29 is 19.1 Å². The van der Waals surface area contributed by atoms with Crippen molar-refractivity contribution in [2.75, 3.05) is 39.9 Å². The molecule has 0 saturated carbocycles. The van der Waals surface area contributed by atoms with Gasteiger partial charge in [-0.1, -0.05) is 30.3 Å². The molecule has 2 aliphatic heterocycles. The molecule has 25 heavy (non-hydrogen) atoms. The summed E-state index contributed by atoms with van der Waals surface area (Å²) in [6.45, 7) is 4.63. The van der Waals surface area contributed by atoms with E-state index in [0.29, 0.717) is 39.2 Å². The number of rotatable bonds is 5. The van der Waals surface area contributed by atoms with Crippen LogP contribution < -0.4 is 0 Å². The summed E-state index contributed by atoms with van der Waals surface area (Å²) >= 11 is 0. The number of benzene rings is 1. The minimum absolute atomic E-state index is 0.0235. The molecule has 2 fully saturated rings. The van der Waals surface area contributed by atoms with Crippen LogP contribution in [0.5, 0.6) is 0 Å². The molecule has 136 valence electrons. The topological polar surface area (TPSA) is 59.1 Å². The second kappa shape index (κ2) is 7.97. The normalized spacial score (nSPS) is 27.0. The smallest absolute Gasteiger partial charge is 0.228 e. The number of carbonyl (C=O) groups is 2. The van der Waals surface area contributed by atoms with Crippen molar-refractivity contribution in [1.82, 2.24) is 9.80 Å². The number of carbonyl (C=O) groups excluding carboxylic acids is 2. The lowest BCUT2D eigenvalue weighted by Gasteiger charge is -2.38. The molecule has 3 atom stereocenters. The molecule has 0 aromatic heterocycles. The fourth-order valence-electron chi connectivity index (χ4n) is 3.60. The van der Waals surface area contributed by atoms with E-state index in [1.807, 2.05) is 42.2 Å². The standard InChI is InChI=1S/C19H26N2O4/c1-14-11-21(13-17(25-14)15-6-4-3-5-7-15)19(23)16-10-18(22)20(12-16)8-9-24-2/h3-7,14,16-17H,8-13H2,1-2H3/t14-,16-,17-/m1/s1. The van der Waals surface area contributed by atoms with Crippen LogP contribution in [0.15, 0.2) is 30.3 Å². The van der Waals surface area contributed by atoms with Crippen molar-refractivity contribution in [2.45, 2.75) is 25.6 Å². The molecule has 0 radical (unpaired) electrons. The molecule has 2 saturated heterocycles. The lowest BCUT2D eigenvalue weighted by atomic mass is 10.0. The highest BCUT2D eigenvalue weighted by molar-refractivity contribution is 5.89. The first-order valence-corrected chi connectivity index (χ1v) is 8.84. The van der Waals surface area contributed by atoms with Gasteiger partial charge in [0.1, 0.15) is 6.10 Å². The predicted molar refractivity (Wildman–Crippen MR) is 92.9 cm³/mol. The zero-order valence-corrected chi connectivity index (χ0v) is 14.9. The lowest BCUT2D eigenvalue weighted by molar-refractivity contribution is -0.148. The SMILES string of the molecule is COCCN1C[C@H](C(=O)N2C[C@@H](C)O[C@@H](c3ccccc3)C2)CC1=O. The van der Waals surface area contributed by atoms with Crippen LogP contribution in [-0.2, 0) is 19.1 Å². The van der Waals surface area contributed by atoms with E-state index in [-0.39, 0.29) is 29.9 Å². The number of ether oxygens (including phenoxy) is 2. The van der Waals surface area contributed by atoms with E-state index in [1.165, 1.54) is 0 Å². The molecule has 2 heterocycles.